The molecule has 3 heteroatoms. The molecule has 1 unspecified atom stereocenters. The first-order valence-corrected chi connectivity index (χ1v) is 8.06. The smallest absolute Gasteiger partial charge is 0.104 e. The van der Waals surface area contributed by atoms with Gasteiger partial charge in [-0.25, -0.2) is 0 Å². The molecule has 0 spiro atoms. The topological polar surface area (TPSA) is 39.1 Å². The van der Waals surface area contributed by atoms with Crippen molar-refractivity contribution in [1.29, 1.82) is 5.26 Å². The van der Waals surface area contributed by atoms with Crippen LogP contribution in [-0.2, 0) is 0 Å². The molecule has 1 N–H and O–H groups in total. The Bertz CT molecular complexity index is 314. The maximum absolute atomic E-state index is 9.36. The van der Waals surface area contributed by atoms with E-state index in [2.05, 4.69) is 30.1 Å². The summed E-state index contributed by atoms with van der Waals surface area (Å²) in [5.41, 5.74) is -0.307. The molecule has 0 bridgehead atoms. The third-order valence-electron chi connectivity index (χ3n) is 4.25. The lowest BCUT2D eigenvalue weighted by Gasteiger charge is -2.26. The zero-order valence-electron chi connectivity index (χ0n) is 12.6. The van der Waals surface area contributed by atoms with Gasteiger partial charge in [0.15, 0.2) is 0 Å². The maximum Gasteiger partial charge on any atom is 0.104 e. The standard InChI is InChI=1S/C16H29N3/c1-3-10-19(12-14-5-6-14)11-4-9-16(2,13-17)18-15-7-8-15/h14-15,18H,3-12H2,1-2H3. The summed E-state index contributed by atoms with van der Waals surface area (Å²) in [5.74, 6) is 0.971. The average molecular weight is 263 g/mol. The summed E-state index contributed by atoms with van der Waals surface area (Å²) in [6.45, 7) is 7.99. The summed E-state index contributed by atoms with van der Waals surface area (Å²) in [6.07, 6.45) is 8.71. The molecule has 1 atom stereocenters. The molecule has 0 aromatic rings. The minimum atomic E-state index is -0.307. The fraction of sp³-hybridized carbons (Fsp3) is 0.938. The normalized spacial score (nSPS) is 22.2. The first kappa shape index (κ1) is 14.8. The van der Waals surface area contributed by atoms with Crippen molar-refractivity contribution >= 4 is 0 Å². The fourth-order valence-corrected chi connectivity index (χ4v) is 2.77. The van der Waals surface area contributed by atoms with Crippen LogP contribution in [0.25, 0.3) is 0 Å². The van der Waals surface area contributed by atoms with Crippen molar-refractivity contribution in [2.75, 3.05) is 19.6 Å². The van der Waals surface area contributed by atoms with Gasteiger partial charge in [-0.3, -0.25) is 5.32 Å². The molecule has 2 saturated carbocycles. The van der Waals surface area contributed by atoms with E-state index in [4.69, 9.17) is 0 Å². The van der Waals surface area contributed by atoms with Crippen LogP contribution < -0.4 is 5.32 Å². The molecular weight excluding hydrogens is 234 g/mol. The van der Waals surface area contributed by atoms with Crippen LogP contribution in [0, 0.1) is 17.2 Å². The molecule has 19 heavy (non-hydrogen) atoms. The van der Waals surface area contributed by atoms with Crippen LogP contribution in [0.5, 0.6) is 0 Å². The van der Waals surface area contributed by atoms with Gasteiger partial charge in [0.25, 0.3) is 0 Å². The molecule has 2 fully saturated rings. The van der Waals surface area contributed by atoms with Gasteiger partial charge in [0.05, 0.1) is 6.07 Å². The van der Waals surface area contributed by atoms with Crippen molar-refractivity contribution in [3.8, 4) is 6.07 Å². The highest BCUT2D eigenvalue weighted by Crippen LogP contribution is 2.30. The Labute approximate surface area is 118 Å². The van der Waals surface area contributed by atoms with Crippen molar-refractivity contribution in [2.45, 2.75) is 70.4 Å². The first-order chi connectivity index (χ1) is 9.15. The van der Waals surface area contributed by atoms with Gasteiger partial charge in [-0.15, -0.1) is 0 Å². The van der Waals surface area contributed by atoms with Gasteiger partial charge in [-0.1, -0.05) is 6.92 Å². The van der Waals surface area contributed by atoms with E-state index >= 15 is 0 Å². The highest BCUT2D eigenvalue weighted by Gasteiger charge is 2.32. The van der Waals surface area contributed by atoms with Gasteiger partial charge in [0.2, 0.25) is 0 Å². The van der Waals surface area contributed by atoms with Crippen LogP contribution in [0.1, 0.15) is 58.8 Å². The monoisotopic (exact) mass is 263 g/mol. The van der Waals surface area contributed by atoms with Crippen molar-refractivity contribution in [3.05, 3.63) is 0 Å². The van der Waals surface area contributed by atoms with Gasteiger partial charge in [-0.2, -0.15) is 5.26 Å². The fourth-order valence-electron chi connectivity index (χ4n) is 2.77. The van der Waals surface area contributed by atoms with E-state index in [1.165, 1.54) is 45.2 Å². The molecule has 108 valence electrons. The molecule has 0 radical (unpaired) electrons. The van der Waals surface area contributed by atoms with Gasteiger partial charge in [0.1, 0.15) is 5.54 Å². The van der Waals surface area contributed by atoms with Gasteiger partial charge in [0, 0.05) is 12.6 Å². The van der Waals surface area contributed by atoms with E-state index < -0.39 is 0 Å². The van der Waals surface area contributed by atoms with E-state index in [9.17, 15) is 5.26 Å². The van der Waals surface area contributed by atoms with Crippen LogP contribution in [0.4, 0.5) is 0 Å². The van der Waals surface area contributed by atoms with Crippen molar-refractivity contribution in [3.63, 3.8) is 0 Å². The van der Waals surface area contributed by atoms with Gasteiger partial charge < -0.3 is 4.90 Å². The molecule has 2 rings (SSSR count). The molecule has 2 aliphatic rings. The minimum Gasteiger partial charge on any atom is -0.303 e. The highest BCUT2D eigenvalue weighted by molar-refractivity contribution is 5.07. The molecule has 0 aliphatic heterocycles. The Morgan fingerprint density at radius 2 is 2.00 bits per heavy atom. The third kappa shape index (κ3) is 5.50. The average Bonchev–Trinajstić information content (AvgIpc) is 3.26. The molecule has 0 aromatic carbocycles. The second-order valence-electron chi connectivity index (χ2n) is 6.71. The molecule has 2 aliphatic carbocycles. The van der Waals surface area contributed by atoms with Crippen LogP contribution in [-0.4, -0.2) is 36.1 Å². The van der Waals surface area contributed by atoms with E-state index in [1.54, 1.807) is 0 Å². The van der Waals surface area contributed by atoms with E-state index in [1.807, 2.05) is 0 Å². The van der Waals surface area contributed by atoms with Gasteiger partial charge >= 0.3 is 0 Å². The summed E-state index contributed by atoms with van der Waals surface area (Å²) < 4.78 is 0. The van der Waals surface area contributed by atoms with Crippen molar-refractivity contribution in [2.24, 2.45) is 5.92 Å². The SMILES string of the molecule is CCCN(CCCC(C)(C#N)NC1CC1)CC1CC1. The third-order valence-corrected chi connectivity index (χ3v) is 4.25. The number of hydrogen-bond acceptors (Lipinski definition) is 3. The first-order valence-electron chi connectivity index (χ1n) is 8.06. The Hall–Kier alpha value is -0.590. The predicted molar refractivity (Wildman–Crippen MR) is 78.9 cm³/mol. The van der Waals surface area contributed by atoms with Crippen LogP contribution in [0.3, 0.4) is 0 Å². The van der Waals surface area contributed by atoms with Crippen LogP contribution >= 0.6 is 0 Å². The number of rotatable bonds is 10. The predicted octanol–water partition coefficient (Wildman–Crippen LogP) is 2.92. The molecule has 0 aromatic heterocycles. The second-order valence-corrected chi connectivity index (χ2v) is 6.71. The van der Waals surface area contributed by atoms with Crippen molar-refractivity contribution in [1.82, 2.24) is 10.2 Å². The number of nitrogens with one attached hydrogen (secondary N) is 1. The number of nitrogens with zero attached hydrogens (tertiary/aromatic N) is 2. The Kier molecular flexibility index (Phi) is 5.24. The minimum absolute atomic E-state index is 0.307. The zero-order chi connectivity index (χ0) is 13.7. The molecule has 0 heterocycles. The lowest BCUT2D eigenvalue weighted by Crippen LogP contribution is -2.43. The summed E-state index contributed by atoms with van der Waals surface area (Å²) in [4.78, 5) is 2.60. The lowest BCUT2D eigenvalue weighted by atomic mass is 9.97. The zero-order valence-corrected chi connectivity index (χ0v) is 12.6. The van der Waals surface area contributed by atoms with Gasteiger partial charge in [-0.05, 0) is 70.9 Å². The Balaban J connectivity index is 1.68. The van der Waals surface area contributed by atoms with Crippen LogP contribution in [0.2, 0.25) is 0 Å². The largest absolute Gasteiger partial charge is 0.303 e. The Morgan fingerprint density at radius 3 is 2.53 bits per heavy atom. The quantitative estimate of drug-likeness (QED) is 0.658. The Morgan fingerprint density at radius 1 is 1.26 bits per heavy atom. The lowest BCUT2D eigenvalue weighted by molar-refractivity contribution is 0.248. The van der Waals surface area contributed by atoms with E-state index in [0.717, 1.165) is 25.3 Å². The summed E-state index contributed by atoms with van der Waals surface area (Å²) in [5, 5.41) is 12.9. The molecule has 3 nitrogen and oxygen atoms in total. The molecular formula is C16H29N3. The summed E-state index contributed by atoms with van der Waals surface area (Å²) in [7, 11) is 0. The summed E-state index contributed by atoms with van der Waals surface area (Å²) >= 11 is 0. The van der Waals surface area contributed by atoms with E-state index in [0.29, 0.717) is 6.04 Å². The second kappa shape index (κ2) is 6.72. The van der Waals surface area contributed by atoms with Crippen LogP contribution in [0.15, 0.2) is 0 Å². The number of nitriles is 1. The molecule has 0 amide bonds. The summed E-state index contributed by atoms with van der Waals surface area (Å²) in [6, 6.07) is 3.09. The maximum atomic E-state index is 9.36. The van der Waals surface area contributed by atoms with E-state index in [-0.39, 0.29) is 5.54 Å². The van der Waals surface area contributed by atoms with Crippen molar-refractivity contribution < 1.29 is 0 Å². The molecule has 0 saturated heterocycles. The number of hydrogen-bond donors (Lipinski definition) is 1. The highest BCUT2D eigenvalue weighted by atomic mass is 15.1.